The molecular formula is C21H31F2NO4. The predicted molar refractivity (Wildman–Crippen MR) is 103 cm³/mol. The van der Waals surface area contributed by atoms with Gasteiger partial charge in [-0.3, -0.25) is 9.59 Å². The Kier molecular flexibility index (Phi) is 10.2. The van der Waals surface area contributed by atoms with Crippen molar-refractivity contribution in [2.24, 2.45) is 5.92 Å². The molecule has 7 heteroatoms. The number of carbonyl (C=O) groups is 2. The van der Waals surface area contributed by atoms with Crippen LogP contribution >= 0.6 is 0 Å². The summed E-state index contributed by atoms with van der Waals surface area (Å²) in [4.78, 5) is 24.3. The van der Waals surface area contributed by atoms with Crippen molar-refractivity contribution in [2.45, 2.75) is 76.9 Å². The lowest BCUT2D eigenvalue weighted by Gasteiger charge is -2.22. The molecule has 1 rings (SSSR count). The van der Waals surface area contributed by atoms with E-state index in [1.807, 2.05) is 6.92 Å². The lowest BCUT2D eigenvalue weighted by atomic mass is 10.00. The lowest BCUT2D eigenvalue weighted by molar-refractivity contribution is -0.148. The summed E-state index contributed by atoms with van der Waals surface area (Å²) in [6.07, 6.45) is 5.23. The third-order valence-electron chi connectivity index (χ3n) is 4.91. The number of carbonyl (C=O) groups excluding carboxylic acids is 2. The molecule has 1 N–H and O–H groups in total. The molecule has 1 aliphatic heterocycles. The van der Waals surface area contributed by atoms with E-state index in [0.29, 0.717) is 25.7 Å². The Labute approximate surface area is 166 Å². The number of aliphatic hydroxyl groups excluding tert-OH is 1. The average Bonchev–Trinajstić information content (AvgIpc) is 2.89. The first-order valence-electron chi connectivity index (χ1n) is 9.74. The van der Waals surface area contributed by atoms with Crippen molar-refractivity contribution in [1.82, 2.24) is 4.90 Å². The van der Waals surface area contributed by atoms with Crippen LogP contribution in [0.3, 0.4) is 0 Å². The normalized spacial score (nSPS) is 20.7. The molecule has 0 bridgehead atoms. The monoisotopic (exact) mass is 399 g/mol. The standard InChI is InChI=1S/C21H31F2NO4/c1-4-5-10-16(2)18(25)13-12-17-15-21(22,23)20(27)24(17)14-9-7-6-8-11-19(26)28-3/h12-13,16-18,25H,6-11,14-15H2,1-3H3/t16-,17+,18-/m1/s1. The zero-order valence-electron chi connectivity index (χ0n) is 16.9. The zero-order chi connectivity index (χ0) is 21.2. The van der Waals surface area contributed by atoms with E-state index in [0.717, 1.165) is 12.8 Å². The third-order valence-corrected chi connectivity index (χ3v) is 4.91. The first-order chi connectivity index (χ1) is 13.2. The summed E-state index contributed by atoms with van der Waals surface area (Å²) in [6.45, 7) is 3.78. The van der Waals surface area contributed by atoms with Crippen molar-refractivity contribution in [3.8, 4) is 11.8 Å². The fraction of sp³-hybridized carbons (Fsp3) is 0.714. The second-order valence-electron chi connectivity index (χ2n) is 7.20. The lowest BCUT2D eigenvalue weighted by Crippen LogP contribution is -2.36. The molecule has 0 aromatic carbocycles. The van der Waals surface area contributed by atoms with Crippen molar-refractivity contribution >= 4 is 11.9 Å². The highest BCUT2D eigenvalue weighted by Crippen LogP contribution is 2.34. The first-order valence-corrected chi connectivity index (χ1v) is 9.74. The summed E-state index contributed by atoms with van der Waals surface area (Å²) in [5, 5.41) is 10.1. The maximum Gasteiger partial charge on any atom is 0.327 e. The minimum absolute atomic E-state index is 0.121. The topological polar surface area (TPSA) is 66.8 Å². The molecule has 0 radical (unpaired) electrons. The largest absolute Gasteiger partial charge is 0.469 e. The molecule has 0 saturated carbocycles. The molecular weight excluding hydrogens is 368 g/mol. The minimum atomic E-state index is -3.37. The van der Waals surface area contributed by atoms with Gasteiger partial charge in [0.15, 0.2) is 0 Å². The van der Waals surface area contributed by atoms with E-state index in [9.17, 15) is 23.5 Å². The molecule has 0 spiro atoms. The van der Waals surface area contributed by atoms with Crippen molar-refractivity contribution in [1.29, 1.82) is 0 Å². The maximum absolute atomic E-state index is 13.9. The van der Waals surface area contributed by atoms with E-state index in [1.54, 1.807) is 6.92 Å². The van der Waals surface area contributed by atoms with E-state index in [1.165, 1.54) is 24.2 Å². The molecule has 0 aromatic heterocycles. The first kappa shape index (κ1) is 24.1. The Hall–Kier alpha value is -1.94. The van der Waals surface area contributed by atoms with Gasteiger partial charge in [0.2, 0.25) is 0 Å². The number of amides is 1. The van der Waals surface area contributed by atoms with Crippen LogP contribution in [0.2, 0.25) is 0 Å². The number of hydrogen-bond donors (Lipinski definition) is 1. The van der Waals surface area contributed by atoms with Gasteiger partial charge >= 0.3 is 11.9 Å². The molecule has 1 saturated heterocycles. The summed E-state index contributed by atoms with van der Waals surface area (Å²) in [7, 11) is 1.34. The van der Waals surface area contributed by atoms with Crippen LogP contribution in [-0.2, 0) is 14.3 Å². The molecule has 5 nitrogen and oxygen atoms in total. The van der Waals surface area contributed by atoms with Crippen molar-refractivity contribution in [3.63, 3.8) is 0 Å². The number of ether oxygens (including phenoxy) is 1. The summed E-state index contributed by atoms with van der Waals surface area (Å²) >= 11 is 0. The number of nitrogens with zero attached hydrogens (tertiary/aromatic N) is 1. The van der Waals surface area contributed by atoms with Gasteiger partial charge in [-0.1, -0.05) is 31.9 Å². The fourth-order valence-corrected chi connectivity index (χ4v) is 3.08. The summed E-state index contributed by atoms with van der Waals surface area (Å²) < 4.78 is 32.3. The van der Waals surface area contributed by atoms with Gasteiger partial charge < -0.3 is 14.7 Å². The van der Waals surface area contributed by atoms with Crippen molar-refractivity contribution in [2.75, 3.05) is 13.7 Å². The second kappa shape index (κ2) is 11.8. The van der Waals surface area contributed by atoms with Crippen LogP contribution in [0.5, 0.6) is 0 Å². The number of esters is 1. The highest BCUT2D eigenvalue weighted by atomic mass is 19.3. The van der Waals surface area contributed by atoms with Gasteiger partial charge in [-0.25, -0.2) is 0 Å². The average molecular weight is 399 g/mol. The van der Waals surface area contributed by atoms with Crippen LogP contribution in [0.15, 0.2) is 12.2 Å². The van der Waals surface area contributed by atoms with Crippen LogP contribution in [0.25, 0.3) is 0 Å². The van der Waals surface area contributed by atoms with Gasteiger partial charge in [0.25, 0.3) is 5.91 Å². The fourth-order valence-electron chi connectivity index (χ4n) is 3.08. The number of unbranched alkanes of at least 4 members (excludes halogenated alkanes) is 3. The number of methoxy groups -OCH3 is 1. The van der Waals surface area contributed by atoms with Crippen molar-refractivity contribution in [3.05, 3.63) is 12.2 Å². The van der Waals surface area contributed by atoms with Crippen LogP contribution < -0.4 is 0 Å². The molecule has 1 heterocycles. The van der Waals surface area contributed by atoms with Gasteiger partial charge in [-0.2, -0.15) is 8.78 Å². The van der Waals surface area contributed by atoms with Crippen LogP contribution in [0.4, 0.5) is 8.78 Å². The highest BCUT2D eigenvalue weighted by Gasteiger charge is 2.52. The number of alkyl halides is 2. The molecule has 3 atom stereocenters. The SMILES string of the molecule is CC#CC[C@@H](C)[C@H](O)C=C[C@H]1CC(F)(F)C(=O)N1CCCCCCC(=O)OC. The molecule has 1 amide bonds. The number of hydrogen-bond acceptors (Lipinski definition) is 4. The van der Waals surface area contributed by atoms with Crippen molar-refractivity contribution < 1.29 is 28.2 Å². The van der Waals surface area contributed by atoms with Crippen LogP contribution in [0, 0.1) is 17.8 Å². The zero-order valence-corrected chi connectivity index (χ0v) is 16.9. The summed E-state index contributed by atoms with van der Waals surface area (Å²) in [5.74, 6) is 0.728. The Morgan fingerprint density at radius 3 is 2.71 bits per heavy atom. The number of rotatable bonds is 11. The summed E-state index contributed by atoms with van der Waals surface area (Å²) in [5.41, 5.74) is 0. The summed E-state index contributed by atoms with van der Waals surface area (Å²) in [6, 6.07) is -0.725. The van der Waals surface area contributed by atoms with Gasteiger partial charge in [-0.15, -0.1) is 11.8 Å². The molecule has 1 fully saturated rings. The van der Waals surface area contributed by atoms with Crippen LogP contribution in [0.1, 0.15) is 58.8 Å². The number of likely N-dealkylation sites (tertiary alicyclic amines) is 1. The van der Waals surface area contributed by atoms with E-state index in [4.69, 9.17) is 0 Å². The second-order valence-corrected chi connectivity index (χ2v) is 7.20. The van der Waals surface area contributed by atoms with E-state index in [2.05, 4.69) is 16.6 Å². The molecule has 158 valence electrons. The van der Waals surface area contributed by atoms with Gasteiger partial charge in [-0.05, 0) is 25.7 Å². The van der Waals surface area contributed by atoms with E-state index >= 15 is 0 Å². The molecule has 0 unspecified atom stereocenters. The minimum Gasteiger partial charge on any atom is -0.469 e. The maximum atomic E-state index is 13.9. The molecule has 28 heavy (non-hydrogen) atoms. The highest BCUT2D eigenvalue weighted by molar-refractivity contribution is 5.86. The van der Waals surface area contributed by atoms with E-state index < -0.39 is 30.4 Å². The van der Waals surface area contributed by atoms with Gasteiger partial charge in [0.05, 0.1) is 19.3 Å². The third kappa shape index (κ3) is 7.59. The number of aliphatic hydroxyl groups is 1. The smallest absolute Gasteiger partial charge is 0.327 e. The Morgan fingerprint density at radius 1 is 1.39 bits per heavy atom. The predicted octanol–water partition coefficient (Wildman–Crippen LogP) is 3.31. The quantitative estimate of drug-likeness (QED) is 0.251. The molecule has 0 aromatic rings. The Bertz CT molecular complexity index is 609. The number of halogens is 2. The van der Waals surface area contributed by atoms with E-state index in [-0.39, 0.29) is 18.4 Å². The Balaban J connectivity index is 2.55. The van der Waals surface area contributed by atoms with Gasteiger partial charge in [0.1, 0.15) is 0 Å². The molecule has 0 aliphatic carbocycles. The van der Waals surface area contributed by atoms with Crippen LogP contribution in [-0.4, -0.2) is 53.6 Å². The molecule has 1 aliphatic rings. The Morgan fingerprint density at radius 2 is 2.07 bits per heavy atom. The van der Waals surface area contributed by atoms with Gasteiger partial charge in [0, 0.05) is 25.8 Å².